The number of hydrogen-bond acceptors (Lipinski definition) is 3. The van der Waals surface area contributed by atoms with Gasteiger partial charge >= 0.3 is 0 Å². The maximum Gasteiger partial charge on any atom is 0.223 e. The Morgan fingerprint density at radius 3 is 2.82 bits per heavy atom. The van der Waals surface area contributed by atoms with E-state index in [-0.39, 0.29) is 23.7 Å². The molecular weight excluding hydrogens is 234 g/mol. The van der Waals surface area contributed by atoms with Gasteiger partial charge in [0, 0.05) is 18.4 Å². The maximum atomic E-state index is 11.8. The standard InChI is InChI=1S/C13H17NO2S/c1-8-6-10(8)13(16)14-9(2)7-11(15)12-4-3-5-17-12/h3-5,8-10H,6-7H2,1-2H3,(H,14,16)/t8-,9+,10+/m1/s1. The molecule has 1 saturated carbocycles. The van der Waals surface area contributed by atoms with Gasteiger partial charge in [-0.1, -0.05) is 13.0 Å². The van der Waals surface area contributed by atoms with Crippen molar-refractivity contribution in [3.8, 4) is 0 Å². The van der Waals surface area contributed by atoms with Crippen LogP contribution in [-0.2, 0) is 4.79 Å². The van der Waals surface area contributed by atoms with E-state index in [1.165, 1.54) is 11.3 Å². The second kappa shape index (κ2) is 5.00. The fourth-order valence-electron chi connectivity index (χ4n) is 1.90. The number of nitrogens with one attached hydrogen (secondary N) is 1. The average Bonchev–Trinajstić information content (AvgIpc) is 2.81. The highest BCUT2D eigenvalue weighted by molar-refractivity contribution is 7.12. The summed E-state index contributed by atoms with van der Waals surface area (Å²) in [6, 6.07) is 3.61. The topological polar surface area (TPSA) is 46.2 Å². The minimum Gasteiger partial charge on any atom is -0.353 e. The van der Waals surface area contributed by atoms with Gasteiger partial charge < -0.3 is 5.32 Å². The fourth-order valence-corrected chi connectivity index (χ4v) is 2.58. The van der Waals surface area contributed by atoms with Gasteiger partial charge in [0.1, 0.15) is 0 Å². The molecule has 1 amide bonds. The van der Waals surface area contributed by atoms with Crippen molar-refractivity contribution in [3.63, 3.8) is 0 Å². The molecule has 0 aliphatic heterocycles. The number of carbonyl (C=O) groups excluding carboxylic acids is 2. The molecule has 2 rings (SSSR count). The predicted molar refractivity (Wildman–Crippen MR) is 68.1 cm³/mol. The lowest BCUT2D eigenvalue weighted by Crippen LogP contribution is -2.35. The Hall–Kier alpha value is -1.16. The molecule has 0 saturated heterocycles. The quantitative estimate of drug-likeness (QED) is 0.817. The molecule has 0 radical (unpaired) electrons. The molecule has 0 unspecified atom stereocenters. The molecular formula is C13H17NO2S. The zero-order valence-corrected chi connectivity index (χ0v) is 10.9. The smallest absolute Gasteiger partial charge is 0.223 e. The van der Waals surface area contributed by atoms with Crippen LogP contribution < -0.4 is 5.32 Å². The molecule has 0 bridgehead atoms. The Morgan fingerprint density at radius 2 is 2.29 bits per heavy atom. The normalized spacial score (nSPS) is 24.1. The van der Waals surface area contributed by atoms with Gasteiger partial charge in [-0.25, -0.2) is 0 Å². The third kappa shape index (κ3) is 3.16. The van der Waals surface area contributed by atoms with E-state index in [1.54, 1.807) is 0 Å². The van der Waals surface area contributed by atoms with Crippen molar-refractivity contribution in [2.45, 2.75) is 32.7 Å². The maximum absolute atomic E-state index is 11.8. The molecule has 0 aromatic carbocycles. The van der Waals surface area contributed by atoms with Crippen molar-refractivity contribution < 1.29 is 9.59 Å². The van der Waals surface area contributed by atoms with E-state index in [0.717, 1.165) is 11.3 Å². The zero-order valence-electron chi connectivity index (χ0n) is 10.1. The van der Waals surface area contributed by atoms with E-state index < -0.39 is 0 Å². The summed E-state index contributed by atoms with van der Waals surface area (Å²) < 4.78 is 0. The molecule has 1 aliphatic carbocycles. The SMILES string of the molecule is C[C@@H]1C[C@@H]1C(=O)N[C@@H](C)CC(=O)c1cccs1. The summed E-state index contributed by atoms with van der Waals surface area (Å²) in [4.78, 5) is 24.3. The summed E-state index contributed by atoms with van der Waals surface area (Å²) in [5, 5.41) is 4.80. The Kier molecular flexibility index (Phi) is 3.62. The molecule has 1 heterocycles. The van der Waals surface area contributed by atoms with Gasteiger partial charge in [-0.05, 0) is 30.7 Å². The number of ketones is 1. The van der Waals surface area contributed by atoms with E-state index in [9.17, 15) is 9.59 Å². The molecule has 0 spiro atoms. The van der Waals surface area contributed by atoms with Crippen LogP contribution in [0, 0.1) is 11.8 Å². The van der Waals surface area contributed by atoms with Gasteiger partial charge in [-0.15, -0.1) is 11.3 Å². The predicted octanol–water partition coefficient (Wildman–Crippen LogP) is 2.48. The Bertz CT molecular complexity index is 413. The van der Waals surface area contributed by atoms with Gasteiger partial charge in [0.15, 0.2) is 5.78 Å². The van der Waals surface area contributed by atoms with Crippen molar-refractivity contribution in [3.05, 3.63) is 22.4 Å². The van der Waals surface area contributed by atoms with Crippen LogP contribution >= 0.6 is 11.3 Å². The Morgan fingerprint density at radius 1 is 1.59 bits per heavy atom. The Labute approximate surface area is 105 Å². The third-order valence-electron chi connectivity index (χ3n) is 3.12. The van der Waals surface area contributed by atoms with Crippen molar-refractivity contribution in [1.29, 1.82) is 0 Å². The molecule has 1 N–H and O–H groups in total. The highest BCUT2D eigenvalue weighted by atomic mass is 32.1. The summed E-state index contributed by atoms with van der Waals surface area (Å²) in [6.07, 6.45) is 1.37. The molecule has 92 valence electrons. The van der Waals surface area contributed by atoms with E-state index in [2.05, 4.69) is 12.2 Å². The molecule has 17 heavy (non-hydrogen) atoms. The van der Waals surface area contributed by atoms with Crippen LogP contribution in [0.5, 0.6) is 0 Å². The van der Waals surface area contributed by atoms with E-state index in [0.29, 0.717) is 12.3 Å². The molecule has 3 atom stereocenters. The average molecular weight is 251 g/mol. The number of hydrogen-bond donors (Lipinski definition) is 1. The monoisotopic (exact) mass is 251 g/mol. The van der Waals surface area contributed by atoms with Crippen LogP contribution in [-0.4, -0.2) is 17.7 Å². The minimum absolute atomic E-state index is 0.0788. The number of amides is 1. The first kappa shape index (κ1) is 12.3. The van der Waals surface area contributed by atoms with E-state index in [1.807, 2.05) is 24.4 Å². The first-order valence-corrected chi connectivity index (χ1v) is 6.83. The summed E-state index contributed by atoms with van der Waals surface area (Å²) >= 11 is 1.45. The lowest BCUT2D eigenvalue weighted by Gasteiger charge is -2.12. The van der Waals surface area contributed by atoms with Crippen molar-refractivity contribution in [1.82, 2.24) is 5.32 Å². The first-order chi connectivity index (χ1) is 8.08. The van der Waals surface area contributed by atoms with Gasteiger partial charge in [0.05, 0.1) is 4.88 Å². The van der Waals surface area contributed by atoms with Crippen LogP contribution in [0.1, 0.15) is 36.4 Å². The van der Waals surface area contributed by atoms with Crippen LogP contribution in [0.25, 0.3) is 0 Å². The first-order valence-electron chi connectivity index (χ1n) is 5.95. The van der Waals surface area contributed by atoms with Gasteiger partial charge in [0.2, 0.25) is 5.91 Å². The van der Waals surface area contributed by atoms with E-state index in [4.69, 9.17) is 0 Å². The summed E-state index contributed by atoms with van der Waals surface area (Å²) in [5.41, 5.74) is 0. The highest BCUT2D eigenvalue weighted by Gasteiger charge is 2.39. The third-order valence-corrected chi connectivity index (χ3v) is 4.03. The molecule has 1 aromatic rings. The molecule has 3 nitrogen and oxygen atoms in total. The Balaban J connectivity index is 1.79. The van der Waals surface area contributed by atoms with Crippen molar-refractivity contribution in [2.24, 2.45) is 11.8 Å². The van der Waals surface area contributed by atoms with Crippen molar-refractivity contribution >= 4 is 23.0 Å². The number of carbonyl (C=O) groups is 2. The summed E-state index contributed by atoms with van der Waals surface area (Å²) in [5.74, 6) is 0.894. The second-order valence-electron chi connectivity index (χ2n) is 4.83. The van der Waals surface area contributed by atoms with Crippen LogP contribution in [0.4, 0.5) is 0 Å². The lowest BCUT2D eigenvalue weighted by molar-refractivity contribution is -0.123. The number of Topliss-reactive ketones (excluding diaryl/α,β-unsaturated/α-hetero) is 1. The largest absolute Gasteiger partial charge is 0.353 e. The zero-order chi connectivity index (χ0) is 12.4. The number of rotatable bonds is 5. The second-order valence-corrected chi connectivity index (χ2v) is 5.78. The molecule has 1 aliphatic rings. The summed E-state index contributed by atoms with van der Waals surface area (Å²) in [6.45, 7) is 3.96. The fraction of sp³-hybridized carbons (Fsp3) is 0.538. The number of thiophene rings is 1. The highest BCUT2D eigenvalue weighted by Crippen LogP contribution is 2.37. The van der Waals surface area contributed by atoms with Gasteiger partial charge in [0.25, 0.3) is 0 Å². The van der Waals surface area contributed by atoms with E-state index >= 15 is 0 Å². The molecule has 4 heteroatoms. The van der Waals surface area contributed by atoms with Crippen molar-refractivity contribution in [2.75, 3.05) is 0 Å². The lowest BCUT2D eigenvalue weighted by atomic mass is 10.1. The van der Waals surface area contributed by atoms with Crippen LogP contribution in [0.15, 0.2) is 17.5 Å². The molecule has 1 aromatic heterocycles. The summed E-state index contributed by atoms with van der Waals surface area (Å²) in [7, 11) is 0. The van der Waals surface area contributed by atoms with Gasteiger partial charge in [-0.2, -0.15) is 0 Å². The molecule has 1 fully saturated rings. The minimum atomic E-state index is -0.0788. The van der Waals surface area contributed by atoms with Crippen LogP contribution in [0.3, 0.4) is 0 Å². The van der Waals surface area contributed by atoms with Crippen LogP contribution in [0.2, 0.25) is 0 Å². The van der Waals surface area contributed by atoms with Gasteiger partial charge in [-0.3, -0.25) is 9.59 Å².